The first-order valence-corrected chi connectivity index (χ1v) is 4.76. The van der Waals surface area contributed by atoms with E-state index in [1.807, 2.05) is 6.92 Å². The van der Waals surface area contributed by atoms with Gasteiger partial charge in [-0.25, -0.2) is 0 Å². The number of hydrogen-bond acceptors (Lipinski definition) is 3. The van der Waals surface area contributed by atoms with E-state index in [0.717, 1.165) is 12.8 Å². The van der Waals surface area contributed by atoms with Gasteiger partial charge in [0.1, 0.15) is 0 Å². The summed E-state index contributed by atoms with van der Waals surface area (Å²) < 4.78 is 10.5. The van der Waals surface area contributed by atoms with E-state index in [1.54, 1.807) is 14.2 Å². The Hall–Kier alpha value is -0.120. The maximum absolute atomic E-state index is 5.91. The highest BCUT2D eigenvalue weighted by Crippen LogP contribution is 2.17. The maximum Gasteiger partial charge on any atom is 0.0694 e. The second-order valence-corrected chi connectivity index (χ2v) is 4.11. The van der Waals surface area contributed by atoms with E-state index >= 15 is 0 Å². The van der Waals surface area contributed by atoms with Crippen molar-refractivity contribution in [1.29, 1.82) is 0 Å². The Labute approximate surface area is 81.6 Å². The van der Waals surface area contributed by atoms with E-state index in [2.05, 4.69) is 13.8 Å². The molecule has 2 atom stereocenters. The first-order valence-electron chi connectivity index (χ1n) is 4.76. The Balaban J connectivity index is 3.75. The normalized spacial score (nSPS) is 17.1. The fraction of sp³-hybridized carbons (Fsp3) is 1.00. The van der Waals surface area contributed by atoms with Gasteiger partial charge >= 0.3 is 0 Å². The lowest BCUT2D eigenvalue weighted by Crippen LogP contribution is -2.36. The van der Waals surface area contributed by atoms with Crippen molar-refractivity contribution in [2.24, 2.45) is 5.73 Å². The predicted molar refractivity (Wildman–Crippen MR) is 54.8 cm³/mol. The summed E-state index contributed by atoms with van der Waals surface area (Å²) in [6, 6.07) is 0.0967. The Morgan fingerprint density at radius 3 is 2.23 bits per heavy atom. The lowest BCUT2D eigenvalue weighted by atomic mass is 9.97. The monoisotopic (exact) mass is 189 g/mol. The second-order valence-electron chi connectivity index (χ2n) is 4.11. The van der Waals surface area contributed by atoms with Gasteiger partial charge in [-0.1, -0.05) is 0 Å². The molecular weight excluding hydrogens is 166 g/mol. The number of ether oxygens (including phenoxy) is 2. The third-order valence-electron chi connectivity index (χ3n) is 2.61. The van der Waals surface area contributed by atoms with Crippen molar-refractivity contribution in [3.8, 4) is 0 Å². The summed E-state index contributed by atoms with van der Waals surface area (Å²) in [5.41, 5.74) is 5.83. The van der Waals surface area contributed by atoms with Crippen LogP contribution >= 0.6 is 0 Å². The van der Waals surface area contributed by atoms with Gasteiger partial charge in [-0.15, -0.1) is 0 Å². The molecule has 0 aliphatic rings. The molecule has 0 rings (SSSR count). The first kappa shape index (κ1) is 12.9. The van der Waals surface area contributed by atoms with Gasteiger partial charge in [-0.2, -0.15) is 0 Å². The molecule has 3 nitrogen and oxygen atoms in total. The Bertz CT molecular complexity index is 137. The number of methoxy groups -OCH3 is 2. The van der Waals surface area contributed by atoms with E-state index in [1.165, 1.54) is 0 Å². The molecule has 0 spiro atoms. The van der Waals surface area contributed by atoms with Crippen LogP contribution in [0, 0.1) is 0 Å². The summed E-state index contributed by atoms with van der Waals surface area (Å²) in [7, 11) is 3.41. The van der Waals surface area contributed by atoms with E-state index in [4.69, 9.17) is 15.2 Å². The summed E-state index contributed by atoms with van der Waals surface area (Å²) in [6.45, 7) is 6.12. The minimum absolute atomic E-state index is 0.0783. The van der Waals surface area contributed by atoms with Crippen molar-refractivity contribution in [2.75, 3.05) is 14.2 Å². The summed E-state index contributed by atoms with van der Waals surface area (Å²) in [6.07, 6.45) is 2.00. The Kier molecular flexibility index (Phi) is 5.53. The number of hydrogen-bond donors (Lipinski definition) is 1. The van der Waals surface area contributed by atoms with Gasteiger partial charge in [0.15, 0.2) is 0 Å². The third-order valence-corrected chi connectivity index (χ3v) is 2.61. The van der Waals surface area contributed by atoms with Gasteiger partial charge in [0.2, 0.25) is 0 Å². The zero-order valence-electron chi connectivity index (χ0n) is 9.46. The van der Waals surface area contributed by atoms with Crippen LogP contribution in [0.1, 0.15) is 33.6 Å². The molecule has 13 heavy (non-hydrogen) atoms. The fourth-order valence-electron chi connectivity index (χ4n) is 1.03. The van der Waals surface area contributed by atoms with Crippen LogP contribution in [0.4, 0.5) is 0 Å². The maximum atomic E-state index is 5.91. The van der Waals surface area contributed by atoms with Gasteiger partial charge in [-0.3, -0.25) is 0 Å². The summed E-state index contributed by atoms with van der Waals surface area (Å²) in [5, 5.41) is 0. The van der Waals surface area contributed by atoms with Crippen molar-refractivity contribution in [2.45, 2.75) is 51.4 Å². The molecule has 80 valence electrons. The minimum Gasteiger partial charge on any atom is -0.380 e. The standard InChI is InChI=1S/C10H23NO2/c1-8(12-4)9(11)6-7-10(2,3)13-5/h8-9H,6-7,11H2,1-5H3. The highest BCUT2D eigenvalue weighted by Gasteiger charge is 2.20. The first-order chi connectivity index (χ1) is 5.93. The molecule has 0 heterocycles. The van der Waals surface area contributed by atoms with Crippen LogP contribution in [0.15, 0.2) is 0 Å². The lowest BCUT2D eigenvalue weighted by molar-refractivity contribution is 0.00671. The predicted octanol–water partition coefficient (Wildman–Crippen LogP) is 1.55. The summed E-state index contributed by atoms with van der Waals surface area (Å²) >= 11 is 0. The van der Waals surface area contributed by atoms with Crippen LogP contribution in [-0.4, -0.2) is 32.0 Å². The molecule has 0 aromatic carbocycles. The molecule has 3 heteroatoms. The summed E-state index contributed by atoms with van der Waals surface area (Å²) in [5.74, 6) is 0. The molecule has 0 aliphatic carbocycles. The second kappa shape index (κ2) is 5.58. The van der Waals surface area contributed by atoms with Crippen molar-refractivity contribution in [3.05, 3.63) is 0 Å². The van der Waals surface area contributed by atoms with Crippen LogP contribution in [0.3, 0.4) is 0 Å². The molecule has 0 saturated heterocycles. The van der Waals surface area contributed by atoms with Gasteiger partial charge in [0.25, 0.3) is 0 Å². The van der Waals surface area contributed by atoms with Crippen LogP contribution < -0.4 is 5.73 Å². The van der Waals surface area contributed by atoms with Crippen LogP contribution in [-0.2, 0) is 9.47 Å². The minimum atomic E-state index is -0.0783. The molecule has 0 aromatic heterocycles. The largest absolute Gasteiger partial charge is 0.380 e. The zero-order valence-corrected chi connectivity index (χ0v) is 9.46. The van der Waals surface area contributed by atoms with Crippen molar-refractivity contribution >= 4 is 0 Å². The van der Waals surface area contributed by atoms with E-state index in [0.29, 0.717) is 0 Å². The van der Waals surface area contributed by atoms with Crippen molar-refractivity contribution < 1.29 is 9.47 Å². The van der Waals surface area contributed by atoms with Gasteiger partial charge in [0.05, 0.1) is 11.7 Å². The fourth-order valence-corrected chi connectivity index (χ4v) is 1.03. The van der Waals surface area contributed by atoms with Gasteiger partial charge < -0.3 is 15.2 Å². The average Bonchev–Trinajstić information content (AvgIpc) is 2.13. The number of rotatable bonds is 6. The van der Waals surface area contributed by atoms with E-state index < -0.39 is 0 Å². The zero-order chi connectivity index (χ0) is 10.5. The molecular formula is C10H23NO2. The SMILES string of the molecule is COC(C)C(N)CCC(C)(C)OC. The molecule has 0 amide bonds. The summed E-state index contributed by atoms with van der Waals surface area (Å²) in [4.78, 5) is 0. The van der Waals surface area contributed by atoms with Gasteiger partial charge in [-0.05, 0) is 33.6 Å². The van der Waals surface area contributed by atoms with Crippen molar-refractivity contribution in [1.82, 2.24) is 0 Å². The van der Waals surface area contributed by atoms with Crippen LogP contribution in [0.2, 0.25) is 0 Å². The van der Waals surface area contributed by atoms with Gasteiger partial charge in [0, 0.05) is 20.3 Å². The molecule has 0 radical (unpaired) electrons. The molecule has 0 bridgehead atoms. The van der Waals surface area contributed by atoms with Crippen molar-refractivity contribution in [3.63, 3.8) is 0 Å². The smallest absolute Gasteiger partial charge is 0.0694 e. The Morgan fingerprint density at radius 1 is 1.31 bits per heavy atom. The molecule has 0 fully saturated rings. The quantitative estimate of drug-likeness (QED) is 0.689. The van der Waals surface area contributed by atoms with Crippen LogP contribution in [0.25, 0.3) is 0 Å². The van der Waals surface area contributed by atoms with E-state index in [-0.39, 0.29) is 17.7 Å². The highest BCUT2D eigenvalue weighted by atomic mass is 16.5. The molecule has 0 aromatic rings. The molecule has 0 aliphatic heterocycles. The highest BCUT2D eigenvalue weighted by molar-refractivity contribution is 4.75. The molecule has 2 unspecified atom stereocenters. The third kappa shape index (κ3) is 5.24. The van der Waals surface area contributed by atoms with Crippen LogP contribution in [0.5, 0.6) is 0 Å². The topological polar surface area (TPSA) is 44.5 Å². The Morgan fingerprint density at radius 2 is 1.85 bits per heavy atom. The number of nitrogens with two attached hydrogens (primary N) is 1. The lowest BCUT2D eigenvalue weighted by Gasteiger charge is -2.26. The molecule has 0 saturated carbocycles. The van der Waals surface area contributed by atoms with E-state index in [9.17, 15) is 0 Å². The average molecular weight is 189 g/mol. The molecule has 2 N–H and O–H groups in total.